The Labute approximate surface area is 119 Å². The Morgan fingerprint density at radius 2 is 2.00 bits per heavy atom. The second kappa shape index (κ2) is 5.40. The topological polar surface area (TPSA) is 12.0 Å². The van der Waals surface area contributed by atoms with E-state index < -0.39 is 0 Å². The third-order valence-electron chi connectivity index (χ3n) is 2.83. The van der Waals surface area contributed by atoms with Gasteiger partial charge in [0.25, 0.3) is 0 Å². The first-order valence-electron chi connectivity index (χ1n) is 5.63. The van der Waals surface area contributed by atoms with Gasteiger partial charge >= 0.3 is 0 Å². The molecule has 1 unspecified atom stereocenters. The largest absolute Gasteiger partial charge is 0.376 e. The van der Waals surface area contributed by atoms with Crippen LogP contribution in [0.2, 0.25) is 0 Å². The Hall–Kier alpha value is -0.540. The summed E-state index contributed by atoms with van der Waals surface area (Å²) in [6, 6.07) is 6.70. The minimum absolute atomic E-state index is 0.331. The molecule has 1 aliphatic rings. The Kier molecular flexibility index (Phi) is 4.10. The van der Waals surface area contributed by atoms with Crippen LogP contribution in [0.25, 0.3) is 0 Å². The van der Waals surface area contributed by atoms with E-state index in [1.165, 1.54) is 15.6 Å². The van der Waals surface area contributed by atoms with Gasteiger partial charge in [-0.15, -0.1) is 0 Å². The van der Waals surface area contributed by atoms with Crippen LogP contribution in [0, 0.1) is 6.92 Å². The molecule has 0 fully saturated rings. The summed E-state index contributed by atoms with van der Waals surface area (Å²) in [5, 5.41) is 3.54. The molecule has 17 heavy (non-hydrogen) atoms. The Morgan fingerprint density at radius 3 is 2.65 bits per heavy atom. The van der Waals surface area contributed by atoms with Crippen molar-refractivity contribution in [3.63, 3.8) is 0 Å². The van der Waals surface area contributed by atoms with Gasteiger partial charge in [0.1, 0.15) is 0 Å². The highest BCUT2D eigenvalue weighted by Gasteiger charge is 2.15. The van der Waals surface area contributed by atoms with Gasteiger partial charge in [0.05, 0.1) is 6.04 Å². The van der Waals surface area contributed by atoms with Crippen LogP contribution in [0.3, 0.4) is 0 Å². The van der Waals surface area contributed by atoms with Gasteiger partial charge in [-0.25, -0.2) is 0 Å². The summed E-state index contributed by atoms with van der Waals surface area (Å²) in [7, 11) is 0. The first kappa shape index (κ1) is 12.9. The Balaban J connectivity index is 2.15. The van der Waals surface area contributed by atoms with Crippen LogP contribution in [-0.2, 0) is 0 Å². The van der Waals surface area contributed by atoms with Gasteiger partial charge < -0.3 is 5.32 Å². The molecule has 90 valence electrons. The lowest BCUT2D eigenvalue weighted by molar-refractivity contribution is 0.863. The summed E-state index contributed by atoms with van der Waals surface area (Å²) < 4.78 is 2.33. The van der Waals surface area contributed by atoms with Crippen LogP contribution < -0.4 is 5.32 Å². The molecule has 1 aliphatic carbocycles. The number of benzene rings is 1. The minimum Gasteiger partial charge on any atom is -0.376 e. The first-order chi connectivity index (χ1) is 8.06. The molecule has 0 spiro atoms. The van der Waals surface area contributed by atoms with Crippen molar-refractivity contribution < 1.29 is 0 Å². The lowest BCUT2D eigenvalue weighted by Gasteiger charge is -2.22. The standard InChI is InChI=1S/C14H15Br2N/c1-9-3-5-13(11(15)7-9)17-14-6-4-10(2)8-12(14)16/h3-5,7-8,14,17H,6H2,1-2H3. The minimum atomic E-state index is 0.331. The fraction of sp³-hybridized carbons (Fsp3) is 0.286. The molecule has 0 bridgehead atoms. The lowest BCUT2D eigenvalue weighted by Crippen LogP contribution is -2.21. The van der Waals surface area contributed by atoms with Crippen LogP contribution in [-0.4, -0.2) is 6.04 Å². The van der Waals surface area contributed by atoms with Gasteiger partial charge in [-0.05, 0) is 60.0 Å². The van der Waals surface area contributed by atoms with Gasteiger partial charge in [-0.2, -0.15) is 0 Å². The predicted octanol–water partition coefficient (Wildman–Crippen LogP) is 5.17. The summed E-state index contributed by atoms with van der Waals surface area (Å²) in [6.07, 6.45) is 5.44. The van der Waals surface area contributed by atoms with Gasteiger partial charge in [0, 0.05) is 14.6 Å². The van der Waals surface area contributed by atoms with E-state index in [2.05, 4.69) is 81.4 Å². The van der Waals surface area contributed by atoms with Crippen molar-refractivity contribution >= 4 is 37.5 Å². The Bertz CT molecular complexity index is 489. The van der Waals surface area contributed by atoms with E-state index in [0.717, 1.165) is 16.6 Å². The van der Waals surface area contributed by atoms with Crippen LogP contribution >= 0.6 is 31.9 Å². The predicted molar refractivity (Wildman–Crippen MR) is 81.7 cm³/mol. The summed E-state index contributed by atoms with van der Waals surface area (Å²) in [5.41, 5.74) is 3.72. The summed E-state index contributed by atoms with van der Waals surface area (Å²) >= 11 is 7.23. The lowest BCUT2D eigenvalue weighted by atomic mass is 10.0. The fourth-order valence-corrected chi connectivity index (χ4v) is 3.12. The molecule has 0 amide bonds. The van der Waals surface area contributed by atoms with Crippen molar-refractivity contribution in [2.24, 2.45) is 0 Å². The number of hydrogen-bond acceptors (Lipinski definition) is 1. The van der Waals surface area contributed by atoms with Crippen molar-refractivity contribution in [2.45, 2.75) is 26.3 Å². The maximum absolute atomic E-state index is 3.63. The number of rotatable bonds is 2. The van der Waals surface area contributed by atoms with Gasteiger partial charge in [-0.1, -0.05) is 33.6 Å². The zero-order valence-electron chi connectivity index (χ0n) is 9.93. The summed E-state index contributed by atoms with van der Waals surface area (Å²) in [6.45, 7) is 4.22. The molecule has 0 saturated carbocycles. The highest BCUT2D eigenvalue weighted by Crippen LogP contribution is 2.29. The van der Waals surface area contributed by atoms with Crippen molar-refractivity contribution in [1.29, 1.82) is 0 Å². The quantitative estimate of drug-likeness (QED) is 0.771. The fourth-order valence-electron chi connectivity index (χ4n) is 1.85. The highest BCUT2D eigenvalue weighted by molar-refractivity contribution is 9.11. The van der Waals surface area contributed by atoms with Crippen LogP contribution in [0.15, 0.2) is 44.9 Å². The van der Waals surface area contributed by atoms with E-state index >= 15 is 0 Å². The second-order valence-electron chi connectivity index (χ2n) is 4.39. The molecule has 0 saturated heterocycles. The highest BCUT2D eigenvalue weighted by atomic mass is 79.9. The zero-order chi connectivity index (χ0) is 12.4. The Morgan fingerprint density at radius 1 is 1.24 bits per heavy atom. The van der Waals surface area contributed by atoms with E-state index in [1.807, 2.05) is 0 Å². The molecule has 3 heteroatoms. The molecule has 1 atom stereocenters. The third-order valence-corrected chi connectivity index (χ3v) is 4.27. The number of allylic oxidation sites excluding steroid dienone is 2. The molecule has 0 heterocycles. The van der Waals surface area contributed by atoms with E-state index in [0.29, 0.717) is 6.04 Å². The average Bonchev–Trinajstić information content (AvgIpc) is 2.25. The zero-order valence-corrected chi connectivity index (χ0v) is 13.1. The number of halogens is 2. The molecule has 1 nitrogen and oxygen atoms in total. The molecule has 1 N–H and O–H groups in total. The van der Waals surface area contributed by atoms with E-state index in [1.54, 1.807) is 0 Å². The SMILES string of the molecule is CC1=CCC(Nc2ccc(C)cc2Br)C(Br)=C1. The maximum Gasteiger partial charge on any atom is 0.0614 e. The van der Waals surface area contributed by atoms with Crippen molar-refractivity contribution in [3.8, 4) is 0 Å². The molecular formula is C14H15Br2N. The van der Waals surface area contributed by atoms with Gasteiger partial charge in [-0.3, -0.25) is 0 Å². The number of anilines is 1. The molecule has 0 radical (unpaired) electrons. The van der Waals surface area contributed by atoms with E-state index in [4.69, 9.17) is 0 Å². The number of nitrogens with one attached hydrogen (secondary N) is 1. The van der Waals surface area contributed by atoms with Crippen LogP contribution in [0.5, 0.6) is 0 Å². The normalized spacial score (nSPS) is 19.6. The van der Waals surface area contributed by atoms with Crippen LogP contribution in [0.4, 0.5) is 5.69 Å². The second-order valence-corrected chi connectivity index (χ2v) is 6.16. The van der Waals surface area contributed by atoms with E-state index in [9.17, 15) is 0 Å². The van der Waals surface area contributed by atoms with Crippen LogP contribution in [0.1, 0.15) is 18.9 Å². The first-order valence-corrected chi connectivity index (χ1v) is 7.21. The smallest absolute Gasteiger partial charge is 0.0614 e. The van der Waals surface area contributed by atoms with Crippen molar-refractivity contribution in [3.05, 3.63) is 50.4 Å². The number of aryl methyl sites for hydroxylation is 1. The van der Waals surface area contributed by atoms with Crippen molar-refractivity contribution in [2.75, 3.05) is 5.32 Å². The molecular weight excluding hydrogens is 342 g/mol. The molecule has 0 aromatic heterocycles. The summed E-state index contributed by atoms with van der Waals surface area (Å²) in [5.74, 6) is 0. The molecule has 0 aliphatic heterocycles. The van der Waals surface area contributed by atoms with E-state index in [-0.39, 0.29) is 0 Å². The molecule has 1 aromatic carbocycles. The molecule has 2 rings (SSSR count). The van der Waals surface area contributed by atoms with Gasteiger partial charge in [0.15, 0.2) is 0 Å². The third kappa shape index (κ3) is 3.23. The van der Waals surface area contributed by atoms with Crippen molar-refractivity contribution in [1.82, 2.24) is 0 Å². The maximum atomic E-state index is 3.63. The summed E-state index contributed by atoms with van der Waals surface area (Å²) in [4.78, 5) is 0. The average molecular weight is 357 g/mol. The van der Waals surface area contributed by atoms with Gasteiger partial charge in [0.2, 0.25) is 0 Å². The monoisotopic (exact) mass is 355 g/mol. The number of hydrogen-bond donors (Lipinski definition) is 1. The molecule has 1 aromatic rings.